The average molecular weight is 652 g/mol. The molecule has 2 atom stereocenters. The molecule has 3 heterocycles. The first kappa shape index (κ1) is 35.1. The van der Waals surface area contributed by atoms with E-state index in [1.165, 1.54) is 12.1 Å². The van der Waals surface area contributed by atoms with Gasteiger partial charge in [-0.25, -0.2) is 9.37 Å². The molecule has 12 heteroatoms. The molecule has 254 valence electrons. The average Bonchev–Trinajstić information content (AvgIpc) is 3.50. The Morgan fingerprint density at radius 3 is 2.28 bits per heavy atom. The molecule has 0 aliphatic carbocycles. The van der Waals surface area contributed by atoms with Crippen molar-refractivity contribution in [1.29, 1.82) is 0 Å². The van der Waals surface area contributed by atoms with E-state index in [1.807, 2.05) is 49.8 Å². The first-order chi connectivity index (χ1) is 22.5. The number of Topliss-reactive ketones (excluding diaryl/α,β-unsaturated/α-hetero) is 1. The van der Waals surface area contributed by atoms with Crippen LogP contribution in [-0.2, 0) is 11.3 Å². The predicted octanol–water partition coefficient (Wildman–Crippen LogP) is 7.18. The number of carbonyl (C=O) groups excluding carboxylic acids is 1. The fourth-order valence-corrected chi connectivity index (χ4v) is 5.09. The Morgan fingerprint density at radius 2 is 1.70 bits per heavy atom. The van der Waals surface area contributed by atoms with Gasteiger partial charge in [0.2, 0.25) is 5.75 Å². The van der Waals surface area contributed by atoms with E-state index < -0.39 is 5.82 Å². The molecule has 1 aliphatic heterocycles. The molecule has 5 rings (SSSR count). The van der Waals surface area contributed by atoms with E-state index in [2.05, 4.69) is 29.2 Å². The number of ether oxygens (including phenoxy) is 5. The fourth-order valence-electron chi connectivity index (χ4n) is 5.09. The van der Waals surface area contributed by atoms with E-state index >= 15 is 0 Å². The van der Waals surface area contributed by atoms with Crippen molar-refractivity contribution >= 4 is 28.8 Å². The van der Waals surface area contributed by atoms with E-state index in [0.717, 1.165) is 29.8 Å². The second-order valence-corrected chi connectivity index (χ2v) is 11.6. The number of nitrogens with one attached hydrogen (secondary N) is 1. The van der Waals surface area contributed by atoms with Gasteiger partial charge in [-0.2, -0.15) is 9.61 Å². The number of hydrogen-bond acceptors (Lipinski definition) is 10. The number of fused-ring (bicyclic) bond motifs is 2. The van der Waals surface area contributed by atoms with Gasteiger partial charge in [0.15, 0.2) is 28.6 Å². The van der Waals surface area contributed by atoms with Gasteiger partial charge in [0, 0.05) is 43.3 Å². The molecule has 1 N–H and O–H groups in total. The Balaban J connectivity index is 0.000000644. The summed E-state index contributed by atoms with van der Waals surface area (Å²) in [5.41, 5.74) is 3.12. The summed E-state index contributed by atoms with van der Waals surface area (Å²) in [4.78, 5) is 17.3. The van der Waals surface area contributed by atoms with Crippen molar-refractivity contribution in [3.8, 4) is 28.7 Å². The third kappa shape index (κ3) is 7.98. The van der Waals surface area contributed by atoms with E-state index in [1.54, 1.807) is 28.3 Å². The Kier molecular flexibility index (Phi) is 11.7. The summed E-state index contributed by atoms with van der Waals surface area (Å²) in [6.45, 7) is 11.1. The second-order valence-electron chi connectivity index (χ2n) is 11.6. The van der Waals surface area contributed by atoms with Gasteiger partial charge in [-0.1, -0.05) is 27.7 Å². The first-order valence-electron chi connectivity index (χ1n) is 15.8. The van der Waals surface area contributed by atoms with Gasteiger partial charge >= 0.3 is 0 Å². The molecule has 0 saturated heterocycles. The molecular weight excluding hydrogens is 605 g/mol. The van der Waals surface area contributed by atoms with Crippen LogP contribution in [0.4, 0.5) is 21.7 Å². The highest BCUT2D eigenvalue weighted by Gasteiger charge is 2.22. The van der Waals surface area contributed by atoms with Gasteiger partial charge in [0.05, 0.1) is 33.2 Å². The van der Waals surface area contributed by atoms with Crippen LogP contribution in [0.1, 0.15) is 64.5 Å². The molecule has 0 saturated carbocycles. The number of aromatic nitrogens is 3. The maximum absolute atomic E-state index is 14.5. The highest BCUT2D eigenvalue weighted by atomic mass is 19.1. The van der Waals surface area contributed by atoms with Crippen molar-refractivity contribution in [3.05, 3.63) is 53.5 Å². The van der Waals surface area contributed by atoms with Crippen molar-refractivity contribution in [1.82, 2.24) is 14.6 Å². The number of benzene rings is 2. The molecule has 1 aliphatic rings. The molecule has 11 nitrogen and oxygen atoms in total. The Bertz CT molecular complexity index is 1670. The summed E-state index contributed by atoms with van der Waals surface area (Å²) in [5.74, 6) is 4.16. The summed E-state index contributed by atoms with van der Waals surface area (Å²) in [6.07, 6.45) is 3.76. The number of rotatable bonds is 12. The zero-order valence-electron chi connectivity index (χ0n) is 28.8. The van der Waals surface area contributed by atoms with Crippen LogP contribution in [0.5, 0.6) is 28.7 Å². The summed E-state index contributed by atoms with van der Waals surface area (Å²) in [6, 6.07) is 8.41. The van der Waals surface area contributed by atoms with E-state index in [0.29, 0.717) is 71.4 Å². The number of hydrogen-bond donors (Lipinski definition) is 1. The van der Waals surface area contributed by atoms with E-state index in [-0.39, 0.29) is 11.8 Å². The third-order valence-electron chi connectivity index (χ3n) is 8.33. The molecule has 0 bridgehead atoms. The summed E-state index contributed by atoms with van der Waals surface area (Å²) >= 11 is 0. The number of carbonyl (C=O) groups is 1. The Labute approximate surface area is 275 Å². The number of ketones is 1. The smallest absolute Gasteiger partial charge is 0.203 e. The maximum atomic E-state index is 14.5. The Morgan fingerprint density at radius 1 is 1.02 bits per heavy atom. The SMILES string of the molecule is CCC(C)C(C)=O.CCC(C)c1cnn2c(N(C)Cc3cc(OC)c(OC)c(OC)c3)cc(Nc3cc(F)cc4c3OCCO4)nc12. The maximum Gasteiger partial charge on any atom is 0.203 e. The number of nitrogens with zero attached hydrogens (tertiary/aromatic N) is 4. The van der Waals surface area contributed by atoms with Gasteiger partial charge in [-0.15, -0.1) is 0 Å². The van der Waals surface area contributed by atoms with Gasteiger partial charge in [-0.05, 0) is 43.4 Å². The van der Waals surface area contributed by atoms with Crippen LogP contribution < -0.4 is 33.9 Å². The van der Waals surface area contributed by atoms with Crippen molar-refractivity contribution in [2.75, 3.05) is 51.8 Å². The first-order valence-corrected chi connectivity index (χ1v) is 15.8. The van der Waals surface area contributed by atoms with Gasteiger partial charge in [0.25, 0.3) is 0 Å². The van der Waals surface area contributed by atoms with E-state index in [9.17, 15) is 9.18 Å². The van der Waals surface area contributed by atoms with Crippen molar-refractivity contribution in [2.24, 2.45) is 5.92 Å². The lowest BCUT2D eigenvalue weighted by Gasteiger charge is -2.24. The zero-order valence-corrected chi connectivity index (χ0v) is 28.8. The van der Waals surface area contributed by atoms with Crippen molar-refractivity contribution < 1.29 is 32.9 Å². The molecule has 0 spiro atoms. The van der Waals surface area contributed by atoms with Crippen LogP contribution in [0.3, 0.4) is 0 Å². The number of methoxy groups -OCH3 is 3. The quantitative estimate of drug-likeness (QED) is 0.169. The molecule has 0 radical (unpaired) electrons. The molecule has 2 aromatic heterocycles. The lowest BCUT2D eigenvalue weighted by Crippen LogP contribution is -2.21. The lowest BCUT2D eigenvalue weighted by molar-refractivity contribution is -0.120. The molecule has 2 unspecified atom stereocenters. The van der Waals surface area contributed by atoms with Crippen LogP contribution >= 0.6 is 0 Å². The third-order valence-corrected chi connectivity index (χ3v) is 8.33. The highest BCUT2D eigenvalue weighted by Crippen LogP contribution is 2.41. The minimum atomic E-state index is -0.433. The van der Waals surface area contributed by atoms with Crippen LogP contribution in [0.25, 0.3) is 5.65 Å². The molecule has 4 aromatic rings. The molecule has 0 fully saturated rings. The molecule has 0 amide bonds. The lowest BCUT2D eigenvalue weighted by atomic mass is 10.0. The normalized spacial score (nSPS) is 13.2. The topological polar surface area (TPSA) is 109 Å². The van der Waals surface area contributed by atoms with Crippen LogP contribution in [-0.4, -0.2) is 62.0 Å². The van der Waals surface area contributed by atoms with Gasteiger partial charge in [0.1, 0.15) is 36.4 Å². The Hall–Kier alpha value is -4.74. The second kappa shape index (κ2) is 15.7. The van der Waals surface area contributed by atoms with Gasteiger partial charge < -0.3 is 33.9 Å². The number of anilines is 3. The standard InChI is InChI=1S/C29H34FN5O5.C6H12O/c1-7-17(2)20-15-31-35-26(34(3)16-18-10-22(36-4)28(38-6)23(11-18)37-5)14-25(33-29(20)35)32-21-12-19(30)13-24-27(21)40-9-8-39-24;1-4-5(2)6(3)7/h10-15,17H,7-9,16H2,1-6H3,(H,32,33);5H,4H2,1-3H3. The van der Waals surface area contributed by atoms with Crippen LogP contribution in [0.2, 0.25) is 0 Å². The van der Waals surface area contributed by atoms with Crippen LogP contribution in [0.15, 0.2) is 36.5 Å². The summed E-state index contributed by atoms with van der Waals surface area (Å²) in [7, 11) is 6.73. The van der Waals surface area contributed by atoms with E-state index in [4.69, 9.17) is 28.7 Å². The minimum absolute atomic E-state index is 0.243. The minimum Gasteiger partial charge on any atom is -0.493 e. The monoisotopic (exact) mass is 651 g/mol. The zero-order chi connectivity index (χ0) is 34.2. The van der Waals surface area contributed by atoms with Crippen molar-refractivity contribution in [2.45, 2.75) is 59.9 Å². The molecule has 47 heavy (non-hydrogen) atoms. The highest BCUT2D eigenvalue weighted by molar-refractivity contribution is 5.77. The van der Waals surface area contributed by atoms with Crippen LogP contribution in [0, 0.1) is 11.7 Å². The molecule has 2 aromatic carbocycles. The predicted molar refractivity (Wildman–Crippen MR) is 181 cm³/mol. The van der Waals surface area contributed by atoms with Crippen molar-refractivity contribution in [3.63, 3.8) is 0 Å². The number of halogens is 1. The largest absolute Gasteiger partial charge is 0.493 e. The molecular formula is C35H46FN5O6. The summed E-state index contributed by atoms with van der Waals surface area (Å²) in [5, 5.41) is 7.96. The summed E-state index contributed by atoms with van der Waals surface area (Å²) < 4.78 is 44.3. The van der Waals surface area contributed by atoms with Gasteiger partial charge in [-0.3, -0.25) is 4.79 Å². The fraction of sp³-hybridized carbons (Fsp3) is 0.457.